The van der Waals surface area contributed by atoms with Crippen LogP contribution < -0.4 is 5.32 Å². The molecule has 5 nitrogen and oxygen atoms in total. The molecule has 0 spiro atoms. The van der Waals surface area contributed by atoms with Crippen molar-refractivity contribution in [1.82, 2.24) is 15.2 Å². The first-order valence-corrected chi connectivity index (χ1v) is 8.53. The molecule has 0 saturated heterocycles. The Hall–Kier alpha value is -2.38. The minimum absolute atomic E-state index is 0.0906. The Labute approximate surface area is 150 Å². The summed E-state index contributed by atoms with van der Waals surface area (Å²) in [5.41, 5.74) is 0.271. The maximum absolute atomic E-state index is 13.1. The van der Waals surface area contributed by atoms with E-state index in [4.69, 9.17) is 0 Å². The van der Waals surface area contributed by atoms with Crippen molar-refractivity contribution in [2.75, 3.05) is 6.54 Å². The van der Waals surface area contributed by atoms with E-state index in [1.165, 1.54) is 30.6 Å². The SMILES string of the molecule is C=CCN(C(=O)C(F)(F)F)[C@H](C(=O)NC1CCCCC1)c1ccncc1. The van der Waals surface area contributed by atoms with Gasteiger partial charge >= 0.3 is 12.1 Å². The number of alkyl halides is 3. The molecule has 1 aromatic heterocycles. The van der Waals surface area contributed by atoms with Crippen LogP contribution in [0.4, 0.5) is 13.2 Å². The van der Waals surface area contributed by atoms with Crippen LogP contribution in [-0.4, -0.2) is 40.5 Å². The van der Waals surface area contributed by atoms with Crippen LogP contribution in [-0.2, 0) is 9.59 Å². The minimum Gasteiger partial charge on any atom is -0.351 e. The van der Waals surface area contributed by atoms with Crippen LogP contribution in [0.3, 0.4) is 0 Å². The van der Waals surface area contributed by atoms with Gasteiger partial charge in [0.05, 0.1) is 0 Å². The van der Waals surface area contributed by atoms with Crippen molar-refractivity contribution in [3.05, 3.63) is 42.7 Å². The lowest BCUT2D eigenvalue weighted by Gasteiger charge is -2.33. The molecule has 1 N–H and O–H groups in total. The van der Waals surface area contributed by atoms with E-state index in [0.29, 0.717) is 4.90 Å². The number of carbonyl (C=O) groups is 2. The summed E-state index contributed by atoms with van der Waals surface area (Å²) in [5.74, 6) is -2.69. The van der Waals surface area contributed by atoms with E-state index in [1.807, 2.05) is 0 Å². The number of halogens is 3. The zero-order chi connectivity index (χ0) is 19.2. The lowest BCUT2D eigenvalue weighted by atomic mass is 9.94. The second kappa shape index (κ2) is 8.82. The summed E-state index contributed by atoms with van der Waals surface area (Å²) in [5, 5.41) is 2.81. The molecule has 0 aliphatic heterocycles. The number of aromatic nitrogens is 1. The lowest BCUT2D eigenvalue weighted by molar-refractivity contribution is -0.188. The summed E-state index contributed by atoms with van der Waals surface area (Å²) in [6.07, 6.45) is 3.40. The molecule has 1 heterocycles. The highest BCUT2D eigenvalue weighted by atomic mass is 19.4. The van der Waals surface area contributed by atoms with Gasteiger partial charge in [-0.05, 0) is 30.5 Å². The van der Waals surface area contributed by atoms with Gasteiger partial charge in [-0.2, -0.15) is 13.2 Å². The van der Waals surface area contributed by atoms with E-state index in [1.54, 1.807) is 0 Å². The Kier molecular flexibility index (Phi) is 6.76. The molecule has 1 aliphatic carbocycles. The van der Waals surface area contributed by atoms with Gasteiger partial charge in [0.25, 0.3) is 0 Å². The van der Waals surface area contributed by atoms with Crippen molar-refractivity contribution in [1.29, 1.82) is 0 Å². The molecule has 1 fully saturated rings. The van der Waals surface area contributed by atoms with Crippen LogP contribution in [0.2, 0.25) is 0 Å². The maximum Gasteiger partial charge on any atom is 0.471 e. The van der Waals surface area contributed by atoms with E-state index < -0.39 is 30.6 Å². The second-order valence-corrected chi connectivity index (χ2v) is 6.27. The number of carbonyl (C=O) groups excluding carboxylic acids is 2. The van der Waals surface area contributed by atoms with Crippen molar-refractivity contribution in [2.45, 2.75) is 50.4 Å². The Morgan fingerprint density at radius 1 is 1.27 bits per heavy atom. The number of nitrogens with one attached hydrogen (secondary N) is 1. The Balaban J connectivity index is 2.33. The summed E-state index contributed by atoms with van der Waals surface area (Å²) in [4.78, 5) is 29.1. The zero-order valence-electron chi connectivity index (χ0n) is 14.3. The van der Waals surface area contributed by atoms with Gasteiger partial charge in [0, 0.05) is 25.0 Å². The fraction of sp³-hybridized carbons (Fsp3) is 0.500. The normalized spacial score (nSPS) is 16.6. The molecule has 2 amide bonds. The van der Waals surface area contributed by atoms with E-state index in [-0.39, 0.29) is 11.6 Å². The predicted octanol–water partition coefficient (Wildman–Crippen LogP) is 3.15. The molecule has 2 rings (SSSR count). The molecular weight excluding hydrogens is 347 g/mol. The third-order valence-corrected chi connectivity index (χ3v) is 4.36. The van der Waals surface area contributed by atoms with Gasteiger partial charge in [-0.1, -0.05) is 25.3 Å². The number of nitrogens with zero attached hydrogens (tertiary/aromatic N) is 2. The highest BCUT2D eigenvalue weighted by Gasteiger charge is 2.46. The Bertz CT molecular complexity index is 628. The monoisotopic (exact) mass is 369 g/mol. The molecule has 8 heteroatoms. The van der Waals surface area contributed by atoms with Gasteiger partial charge in [0.15, 0.2) is 0 Å². The molecule has 1 atom stereocenters. The van der Waals surface area contributed by atoms with Gasteiger partial charge in [0.2, 0.25) is 5.91 Å². The summed E-state index contributed by atoms with van der Waals surface area (Å²) in [6, 6.07) is 1.38. The van der Waals surface area contributed by atoms with Crippen LogP contribution in [0.25, 0.3) is 0 Å². The molecule has 26 heavy (non-hydrogen) atoms. The van der Waals surface area contributed by atoms with E-state index in [2.05, 4.69) is 16.9 Å². The van der Waals surface area contributed by atoms with Crippen molar-refractivity contribution in [3.8, 4) is 0 Å². The smallest absolute Gasteiger partial charge is 0.351 e. The molecule has 1 aromatic rings. The summed E-state index contributed by atoms with van der Waals surface area (Å²) in [6.45, 7) is 3.01. The molecular formula is C18H22F3N3O2. The molecule has 1 saturated carbocycles. The quantitative estimate of drug-likeness (QED) is 0.784. The van der Waals surface area contributed by atoms with Crippen molar-refractivity contribution in [3.63, 3.8) is 0 Å². The molecule has 1 aliphatic rings. The largest absolute Gasteiger partial charge is 0.471 e. The Morgan fingerprint density at radius 2 is 1.88 bits per heavy atom. The van der Waals surface area contributed by atoms with Crippen LogP contribution in [0.5, 0.6) is 0 Å². The highest BCUT2D eigenvalue weighted by molar-refractivity contribution is 5.91. The van der Waals surface area contributed by atoms with Gasteiger partial charge in [-0.25, -0.2) is 0 Å². The third-order valence-electron chi connectivity index (χ3n) is 4.36. The topological polar surface area (TPSA) is 62.3 Å². The fourth-order valence-electron chi connectivity index (χ4n) is 3.15. The maximum atomic E-state index is 13.1. The van der Waals surface area contributed by atoms with Crippen LogP contribution in [0.1, 0.15) is 43.7 Å². The molecule has 0 unspecified atom stereocenters. The van der Waals surface area contributed by atoms with Crippen LogP contribution >= 0.6 is 0 Å². The number of pyridine rings is 1. The van der Waals surface area contributed by atoms with Crippen LogP contribution in [0.15, 0.2) is 37.2 Å². The standard InChI is InChI=1S/C18H22F3N3O2/c1-2-12-24(17(26)18(19,20)21)15(13-8-10-22-11-9-13)16(25)23-14-6-4-3-5-7-14/h2,8-11,14-15H,1,3-7,12H2,(H,23,25)/t15-/m0/s1. The number of hydrogen-bond acceptors (Lipinski definition) is 3. The lowest BCUT2D eigenvalue weighted by Crippen LogP contribution is -2.50. The minimum atomic E-state index is -5.08. The van der Waals surface area contributed by atoms with E-state index >= 15 is 0 Å². The van der Waals surface area contributed by atoms with Gasteiger partial charge < -0.3 is 10.2 Å². The highest BCUT2D eigenvalue weighted by Crippen LogP contribution is 2.28. The predicted molar refractivity (Wildman–Crippen MR) is 90.0 cm³/mol. The zero-order valence-corrected chi connectivity index (χ0v) is 14.3. The fourth-order valence-corrected chi connectivity index (χ4v) is 3.15. The average molecular weight is 369 g/mol. The second-order valence-electron chi connectivity index (χ2n) is 6.27. The first-order valence-electron chi connectivity index (χ1n) is 8.53. The first-order chi connectivity index (χ1) is 12.3. The van der Waals surface area contributed by atoms with Gasteiger partial charge in [-0.15, -0.1) is 6.58 Å². The summed E-state index contributed by atoms with van der Waals surface area (Å²) >= 11 is 0. The van der Waals surface area contributed by atoms with Crippen LogP contribution in [0, 0.1) is 0 Å². The van der Waals surface area contributed by atoms with Crippen molar-refractivity contribution in [2.24, 2.45) is 0 Å². The third kappa shape index (κ3) is 5.06. The number of hydrogen-bond donors (Lipinski definition) is 1. The van der Waals surface area contributed by atoms with E-state index in [9.17, 15) is 22.8 Å². The Morgan fingerprint density at radius 3 is 2.42 bits per heavy atom. The molecule has 0 aromatic carbocycles. The van der Waals surface area contributed by atoms with Crippen molar-refractivity contribution < 1.29 is 22.8 Å². The van der Waals surface area contributed by atoms with Gasteiger partial charge in [-0.3, -0.25) is 14.6 Å². The number of amides is 2. The summed E-state index contributed by atoms with van der Waals surface area (Å²) < 4.78 is 39.2. The van der Waals surface area contributed by atoms with E-state index in [0.717, 1.165) is 32.1 Å². The van der Waals surface area contributed by atoms with Gasteiger partial charge in [0.1, 0.15) is 6.04 Å². The molecule has 0 radical (unpaired) electrons. The average Bonchev–Trinajstić information content (AvgIpc) is 2.61. The number of rotatable bonds is 6. The first kappa shape index (κ1) is 19.9. The van der Waals surface area contributed by atoms with Crippen molar-refractivity contribution >= 4 is 11.8 Å². The molecule has 0 bridgehead atoms. The summed E-state index contributed by atoms with van der Waals surface area (Å²) in [7, 11) is 0. The molecule has 142 valence electrons.